The largest absolute Gasteiger partial charge is 0.469 e. The maximum absolute atomic E-state index is 12.4. The summed E-state index contributed by atoms with van der Waals surface area (Å²) in [7, 11) is 1.26. The molecule has 0 bridgehead atoms. The quantitative estimate of drug-likeness (QED) is 0.118. The second kappa shape index (κ2) is 15.3. The molecule has 0 unspecified atom stereocenters. The summed E-state index contributed by atoms with van der Waals surface area (Å²) in [6, 6.07) is 21.4. The number of nitrogens with zero attached hydrogens (tertiary/aromatic N) is 1. The van der Waals surface area contributed by atoms with Crippen LogP contribution in [0.25, 0.3) is 10.8 Å². The van der Waals surface area contributed by atoms with Gasteiger partial charge in [-0.15, -0.1) is 0 Å². The minimum Gasteiger partial charge on any atom is -0.469 e. The van der Waals surface area contributed by atoms with Crippen molar-refractivity contribution in [1.82, 2.24) is 10.4 Å². The zero-order valence-corrected chi connectivity index (χ0v) is 21.7. The third-order valence-corrected chi connectivity index (χ3v) is 6.00. The number of carbonyl (C=O) groups excluding carboxylic acids is 3. The molecule has 0 saturated heterocycles. The van der Waals surface area contributed by atoms with Crippen molar-refractivity contribution in [1.29, 1.82) is 0 Å². The van der Waals surface area contributed by atoms with Gasteiger partial charge in [0.2, 0.25) is 5.91 Å². The Morgan fingerprint density at radius 2 is 1.66 bits per heavy atom. The number of hydroxylamine groups is 2. The summed E-state index contributed by atoms with van der Waals surface area (Å²) in [6.45, 7) is 1.86. The fraction of sp³-hybridized carbons (Fsp3) is 0.345. The van der Waals surface area contributed by atoms with Crippen LogP contribution in [0, 0.1) is 0 Å². The molecule has 0 aliphatic carbocycles. The highest BCUT2D eigenvalue weighted by Crippen LogP contribution is 2.23. The minimum absolute atomic E-state index is 0.0397. The smallest absolute Gasteiger partial charge is 0.411 e. The van der Waals surface area contributed by atoms with Crippen LogP contribution in [0.2, 0.25) is 0 Å². The number of esters is 1. The number of hydrogen-bond donors (Lipinski definition) is 3. The van der Waals surface area contributed by atoms with E-state index in [4.69, 9.17) is 4.74 Å². The zero-order chi connectivity index (χ0) is 27.2. The molecule has 0 heterocycles. The highest BCUT2D eigenvalue weighted by molar-refractivity contribution is 6.00. The van der Waals surface area contributed by atoms with E-state index in [1.165, 1.54) is 7.11 Å². The Balaban J connectivity index is 1.31. The molecule has 9 heteroatoms. The molecular weight excluding hydrogens is 486 g/mol. The molecule has 3 N–H and O–H groups in total. The normalized spacial score (nSPS) is 10.7. The van der Waals surface area contributed by atoms with Gasteiger partial charge in [-0.1, -0.05) is 67.1 Å². The van der Waals surface area contributed by atoms with E-state index in [-0.39, 0.29) is 26.0 Å². The number of nitrogens with one attached hydrogen (secondary N) is 2. The Bertz CT molecular complexity index is 1210. The molecule has 38 heavy (non-hydrogen) atoms. The molecule has 0 aliphatic rings. The number of amides is 2. The zero-order valence-electron chi connectivity index (χ0n) is 21.7. The molecule has 0 atom stereocenters. The van der Waals surface area contributed by atoms with Crippen LogP contribution in [0.3, 0.4) is 0 Å². The SMILES string of the molecule is COC(=O)CCC(=O)N(O)CCCCCNCc1cccc(COC(=O)Nc2cccc3ccccc23)c1. The maximum Gasteiger partial charge on any atom is 0.411 e. The third kappa shape index (κ3) is 9.49. The number of hydrogen-bond acceptors (Lipinski definition) is 7. The summed E-state index contributed by atoms with van der Waals surface area (Å²) in [4.78, 5) is 35.2. The van der Waals surface area contributed by atoms with Gasteiger partial charge in [0.15, 0.2) is 0 Å². The number of methoxy groups -OCH3 is 1. The molecular formula is C29H35N3O6. The number of carbonyl (C=O) groups is 3. The fourth-order valence-electron chi connectivity index (χ4n) is 3.94. The van der Waals surface area contributed by atoms with E-state index in [1.54, 1.807) is 0 Å². The molecule has 202 valence electrons. The standard InChI is InChI=1S/C29H35N3O6/c1-37-28(34)16-15-27(33)32(36)18-6-2-5-17-30-20-22-9-7-10-23(19-22)21-38-29(35)31-26-14-8-12-24-11-3-4-13-25(24)26/h3-4,7-14,19,30,36H,2,5-6,15-18,20-21H2,1H3,(H,31,35). The predicted octanol–water partition coefficient (Wildman–Crippen LogP) is 5.02. The number of rotatable bonds is 14. The number of benzene rings is 3. The lowest BCUT2D eigenvalue weighted by Gasteiger charge is -2.14. The van der Waals surface area contributed by atoms with Crippen LogP contribution in [0.15, 0.2) is 66.7 Å². The van der Waals surface area contributed by atoms with E-state index in [1.807, 2.05) is 66.7 Å². The topological polar surface area (TPSA) is 117 Å². The summed E-state index contributed by atoms with van der Waals surface area (Å²) in [5, 5.41) is 18.6. The first kappa shape index (κ1) is 28.6. The fourth-order valence-corrected chi connectivity index (χ4v) is 3.94. The number of anilines is 1. The van der Waals surface area contributed by atoms with E-state index in [9.17, 15) is 19.6 Å². The van der Waals surface area contributed by atoms with Crippen molar-refractivity contribution < 1.29 is 29.1 Å². The van der Waals surface area contributed by atoms with Gasteiger partial charge in [-0.3, -0.25) is 20.1 Å². The van der Waals surface area contributed by atoms with Crippen molar-refractivity contribution in [3.05, 3.63) is 77.9 Å². The summed E-state index contributed by atoms with van der Waals surface area (Å²) < 4.78 is 9.92. The highest BCUT2D eigenvalue weighted by Gasteiger charge is 2.13. The molecule has 0 saturated carbocycles. The van der Waals surface area contributed by atoms with Crippen molar-refractivity contribution in [2.45, 2.75) is 45.3 Å². The molecule has 0 spiro atoms. The van der Waals surface area contributed by atoms with Gasteiger partial charge >= 0.3 is 12.1 Å². The first-order valence-corrected chi connectivity index (χ1v) is 12.7. The van der Waals surface area contributed by atoms with Gasteiger partial charge in [0.25, 0.3) is 0 Å². The maximum atomic E-state index is 12.4. The predicted molar refractivity (Wildman–Crippen MR) is 145 cm³/mol. The molecule has 2 amide bonds. The molecule has 3 rings (SSSR count). The van der Waals surface area contributed by atoms with Crippen LogP contribution in [0.1, 0.15) is 43.2 Å². The average Bonchev–Trinajstić information content (AvgIpc) is 2.94. The molecule has 0 aromatic heterocycles. The summed E-state index contributed by atoms with van der Waals surface area (Å²) in [5.74, 6) is -0.957. The lowest BCUT2D eigenvalue weighted by molar-refractivity contribution is -0.167. The molecule has 3 aromatic rings. The Morgan fingerprint density at radius 3 is 2.50 bits per heavy atom. The molecule has 9 nitrogen and oxygen atoms in total. The van der Waals surface area contributed by atoms with Gasteiger partial charge in [0, 0.05) is 24.9 Å². The lowest BCUT2D eigenvalue weighted by Crippen LogP contribution is -2.29. The van der Waals surface area contributed by atoms with E-state index < -0.39 is 18.0 Å². The first-order valence-electron chi connectivity index (χ1n) is 12.7. The average molecular weight is 522 g/mol. The van der Waals surface area contributed by atoms with Crippen molar-refractivity contribution in [3.63, 3.8) is 0 Å². The Labute approximate surface area is 222 Å². The van der Waals surface area contributed by atoms with Crippen LogP contribution in [-0.4, -0.2) is 48.4 Å². The van der Waals surface area contributed by atoms with Crippen molar-refractivity contribution in [2.24, 2.45) is 0 Å². The Kier molecular flexibility index (Phi) is 11.5. The summed E-state index contributed by atoms with van der Waals surface area (Å²) >= 11 is 0. The monoisotopic (exact) mass is 521 g/mol. The molecule has 0 fully saturated rings. The van der Waals surface area contributed by atoms with Gasteiger partial charge < -0.3 is 14.8 Å². The van der Waals surface area contributed by atoms with Gasteiger partial charge in [-0.2, -0.15) is 0 Å². The van der Waals surface area contributed by atoms with E-state index in [2.05, 4.69) is 15.4 Å². The molecule has 0 aliphatic heterocycles. The van der Waals surface area contributed by atoms with Gasteiger partial charge in [0.1, 0.15) is 6.61 Å². The minimum atomic E-state index is -0.503. The van der Waals surface area contributed by atoms with Crippen LogP contribution in [0.5, 0.6) is 0 Å². The number of unbranched alkanes of at least 4 members (excludes halogenated alkanes) is 2. The van der Waals surface area contributed by atoms with Crippen LogP contribution >= 0.6 is 0 Å². The number of fused-ring (bicyclic) bond motifs is 1. The van der Waals surface area contributed by atoms with E-state index in [0.717, 1.165) is 41.3 Å². The molecule has 0 radical (unpaired) electrons. The van der Waals surface area contributed by atoms with Crippen LogP contribution in [-0.2, 0) is 32.2 Å². The van der Waals surface area contributed by atoms with Gasteiger partial charge in [-0.25, -0.2) is 9.86 Å². The number of ether oxygens (including phenoxy) is 2. The van der Waals surface area contributed by atoms with E-state index >= 15 is 0 Å². The van der Waals surface area contributed by atoms with Crippen LogP contribution < -0.4 is 10.6 Å². The van der Waals surface area contributed by atoms with Crippen molar-refractivity contribution in [2.75, 3.05) is 25.5 Å². The summed E-state index contributed by atoms with van der Waals surface area (Å²) in [5.41, 5.74) is 2.69. The third-order valence-electron chi connectivity index (χ3n) is 6.00. The lowest BCUT2D eigenvalue weighted by atomic mass is 10.1. The second-order valence-electron chi connectivity index (χ2n) is 8.88. The van der Waals surface area contributed by atoms with Crippen LogP contribution in [0.4, 0.5) is 10.5 Å². The Morgan fingerprint density at radius 1 is 0.895 bits per heavy atom. The van der Waals surface area contributed by atoms with Gasteiger partial charge in [0.05, 0.1) is 19.2 Å². The molecule has 3 aromatic carbocycles. The first-order chi connectivity index (χ1) is 18.5. The van der Waals surface area contributed by atoms with Crippen molar-refractivity contribution in [3.8, 4) is 0 Å². The Hall–Kier alpha value is -3.95. The van der Waals surface area contributed by atoms with Crippen molar-refractivity contribution >= 4 is 34.4 Å². The summed E-state index contributed by atoms with van der Waals surface area (Å²) in [6.07, 6.45) is 1.79. The van der Waals surface area contributed by atoms with E-state index in [0.29, 0.717) is 23.7 Å². The highest BCUT2D eigenvalue weighted by atomic mass is 16.5. The van der Waals surface area contributed by atoms with Gasteiger partial charge in [-0.05, 0) is 42.0 Å². The second-order valence-corrected chi connectivity index (χ2v) is 8.88.